The van der Waals surface area contributed by atoms with Gasteiger partial charge in [0.25, 0.3) is 5.91 Å². The molecule has 9 heteroatoms. The van der Waals surface area contributed by atoms with Crippen molar-refractivity contribution in [2.75, 3.05) is 31.6 Å². The molecular weight excluding hydrogens is 404 g/mol. The number of benzene rings is 1. The van der Waals surface area contributed by atoms with Gasteiger partial charge in [0.15, 0.2) is 5.82 Å². The van der Waals surface area contributed by atoms with Gasteiger partial charge >= 0.3 is 0 Å². The van der Waals surface area contributed by atoms with Crippen LogP contribution < -0.4 is 5.32 Å². The molecule has 2 heterocycles. The zero-order valence-corrected chi connectivity index (χ0v) is 17.8. The molecule has 1 saturated carbocycles. The van der Waals surface area contributed by atoms with E-state index in [9.17, 15) is 13.2 Å². The van der Waals surface area contributed by atoms with Crippen LogP contribution in [0.3, 0.4) is 0 Å². The molecule has 1 aliphatic carbocycles. The molecule has 2 fully saturated rings. The first kappa shape index (κ1) is 21.0. The number of morpholine rings is 1. The van der Waals surface area contributed by atoms with Crippen molar-refractivity contribution in [2.45, 2.75) is 43.4 Å². The van der Waals surface area contributed by atoms with Gasteiger partial charge in [0, 0.05) is 30.4 Å². The lowest BCUT2D eigenvalue weighted by atomic mass is 9.86. The number of amides is 1. The van der Waals surface area contributed by atoms with E-state index in [0.717, 1.165) is 12.1 Å². The minimum absolute atomic E-state index is 0.176. The number of H-pyrrole nitrogens is 1. The smallest absolute Gasteiger partial charge is 0.256 e. The predicted octanol–water partition coefficient (Wildman–Crippen LogP) is 2.81. The van der Waals surface area contributed by atoms with Crippen LogP contribution in [0.15, 0.2) is 35.2 Å². The first-order valence-electron chi connectivity index (χ1n) is 10.6. The molecule has 0 bridgehead atoms. The van der Waals surface area contributed by atoms with Crippen LogP contribution in [0.2, 0.25) is 0 Å². The Bertz CT molecular complexity index is 959. The van der Waals surface area contributed by atoms with Gasteiger partial charge in [-0.2, -0.15) is 9.40 Å². The summed E-state index contributed by atoms with van der Waals surface area (Å²) in [5.41, 5.74) is 1.41. The van der Waals surface area contributed by atoms with E-state index in [1.165, 1.54) is 60.7 Å². The second-order valence-electron chi connectivity index (χ2n) is 7.98. The molecular formula is C21H28N4O4S. The number of carbonyl (C=O) groups excluding carboxylic acids is 1. The number of nitrogens with one attached hydrogen (secondary N) is 2. The van der Waals surface area contributed by atoms with Gasteiger partial charge in [0.05, 0.1) is 18.1 Å². The summed E-state index contributed by atoms with van der Waals surface area (Å²) in [5.74, 6) is 0.848. The normalized spacial score (nSPS) is 18.9. The summed E-state index contributed by atoms with van der Waals surface area (Å²) in [7, 11) is -3.57. The van der Waals surface area contributed by atoms with Crippen LogP contribution in [0.5, 0.6) is 0 Å². The number of hydrogen-bond donors (Lipinski definition) is 2. The number of nitrogens with zero attached hydrogens (tertiary/aromatic N) is 2. The molecule has 4 rings (SSSR count). The molecule has 1 aliphatic heterocycles. The molecule has 8 nitrogen and oxygen atoms in total. The number of hydrogen-bond acceptors (Lipinski definition) is 5. The van der Waals surface area contributed by atoms with Gasteiger partial charge in [0.1, 0.15) is 0 Å². The van der Waals surface area contributed by atoms with E-state index in [2.05, 4.69) is 15.5 Å². The molecule has 0 atom stereocenters. The van der Waals surface area contributed by atoms with Crippen LogP contribution in [0.4, 0.5) is 5.82 Å². The van der Waals surface area contributed by atoms with Gasteiger partial charge in [-0.1, -0.05) is 32.1 Å². The molecule has 2 N–H and O–H groups in total. The van der Waals surface area contributed by atoms with Gasteiger partial charge in [-0.3, -0.25) is 9.89 Å². The molecule has 30 heavy (non-hydrogen) atoms. The third kappa shape index (κ3) is 4.91. The quantitative estimate of drug-likeness (QED) is 0.730. The maximum Gasteiger partial charge on any atom is 0.256 e. The molecule has 0 radical (unpaired) electrons. The number of ether oxygens (including phenoxy) is 1. The van der Waals surface area contributed by atoms with E-state index >= 15 is 0 Å². The Labute approximate surface area is 177 Å². The first-order chi connectivity index (χ1) is 14.5. The van der Waals surface area contributed by atoms with Crippen LogP contribution in [0.1, 0.15) is 48.2 Å². The van der Waals surface area contributed by atoms with Crippen molar-refractivity contribution >= 4 is 21.7 Å². The Kier molecular flexibility index (Phi) is 6.50. The summed E-state index contributed by atoms with van der Waals surface area (Å²) < 4.78 is 32.0. The predicted molar refractivity (Wildman–Crippen MR) is 113 cm³/mol. The van der Waals surface area contributed by atoms with E-state index in [-0.39, 0.29) is 10.8 Å². The Morgan fingerprint density at radius 2 is 1.83 bits per heavy atom. The van der Waals surface area contributed by atoms with Crippen molar-refractivity contribution in [1.29, 1.82) is 0 Å². The zero-order valence-electron chi connectivity index (χ0n) is 17.0. The van der Waals surface area contributed by atoms with Crippen LogP contribution in [0.25, 0.3) is 0 Å². The summed E-state index contributed by atoms with van der Waals surface area (Å²) in [6, 6.07) is 7.87. The third-order valence-electron chi connectivity index (χ3n) is 5.83. The van der Waals surface area contributed by atoms with Crippen LogP contribution in [-0.2, 0) is 21.2 Å². The van der Waals surface area contributed by atoms with Crippen molar-refractivity contribution in [3.63, 3.8) is 0 Å². The highest BCUT2D eigenvalue weighted by Crippen LogP contribution is 2.27. The Balaban J connectivity index is 1.37. The average molecular weight is 433 g/mol. The van der Waals surface area contributed by atoms with Gasteiger partial charge in [-0.15, -0.1) is 0 Å². The van der Waals surface area contributed by atoms with Crippen LogP contribution in [-0.4, -0.2) is 55.1 Å². The second kappa shape index (κ2) is 9.28. The number of aromatic nitrogens is 2. The number of rotatable bonds is 6. The summed E-state index contributed by atoms with van der Waals surface area (Å²) in [6.45, 7) is 1.47. The largest absolute Gasteiger partial charge is 0.379 e. The Morgan fingerprint density at radius 3 is 2.53 bits per heavy atom. The van der Waals surface area contributed by atoms with E-state index in [0.29, 0.717) is 43.6 Å². The Morgan fingerprint density at radius 1 is 1.13 bits per heavy atom. The topological polar surface area (TPSA) is 104 Å². The maximum atomic E-state index is 12.7. The fourth-order valence-corrected chi connectivity index (χ4v) is 5.54. The van der Waals surface area contributed by atoms with Crippen molar-refractivity contribution < 1.29 is 17.9 Å². The highest BCUT2D eigenvalue weighted by molar-refractivity contribution is 7.89. The lowest BCUT2D eigenvalue weighted by Gasteiger charge is -2.26. The summed E-state index contributed by atoms with van der Waals surface area (Å²) >= 11 is 0. The standard InChI is InChI=1S/C21H28N4O4S/c26-21(22-20-15-18(23-24-20)14-16-4-2-1-3-5-16)17-6-8-19(9-7-17)30(27,28)25-10-12-29-13-11-25/h6-9,15-16H,1-5,10-14H2,(H2,22,23,24,26). The minimum atomic E-state index is -3.57. The summed E-state index contributed by atoms with van der Waals surface area (Å²) in [5, 5.41) is 9.99. The molecule has 1 amide bonds. The van der Waals surface area contributed by atoms with Crippen molar-refractivity contribution in [3.8, 4) is 0 Å². The first-order valence-corrected chi connectivity index (χ1v) is 12.0. The number of aromatic amines is 1. The van der Waals surface area contributed by atoms with E-state index in [4.69, 9.17) is 4.74 Å². The fraction of sp³-hybridized carbons (Fsp3) is 0.524. The summed E-state index contributed by atoms with van der Waals surface area (Å²) in [6.07, 6.45) is 7.37. The lowest BCUT2D eigenvalue weighted by molar-refractivity contribution is 0.0730. The second-order valence-corrected chi connectivity index (χ2v) is 9.92. The van der Waals surface area contributed by atoms with Crippen LogP contribution in [0, 0.1) is 5.92 Å². The van der Waals surface area contributed by atoms with Gasteiger partial charge in [-0.25, -0.2) is 8.42 Å². The molecule has 1 aromatic carbocycles. The average Bonchev–Trinajstić information content (AvgIpc) is 3.21. The fourth-order valence-electron chi connectivity index (χ4n) is 4.14. The molecule has 2 aliphatic rings. The highest BCUT2D eigenvalue weighted by Gasteiger charge is 2.26. The molecule has 1 saturated heterocycles. The molecule has 1 aromatic heterocycles. The van der Waals surface area contributed by atoms with Crippen molar-refractivity contribution in [1.82, 2.24) is 14.5 Å². The van der Waals surface area contributed by atoms with Crippen molar-refractivity contribution in [3.05, 3.63) is 41.6 Å². The zero-order chi connectivity index (χ0) is 21.0. The molecule has 2 aromatic rings. The van der Waals surface area contributed by atoms with Crippen molar-refractivity contribution in [2.24, 2.45) is 5.92 Å². The molecule has 0 unspecified atom stereocenters. The Hall–Kier alpha value is -2.23. The maximum absolute atomic E-state index is 12.7. The molecule has 162 valence electrons. The molecule has 0 spiro atoms. The summed E-state index contributed by atoms with van der Waals surface area (Å²) in [4.78, 5) is 12.7. The van der Waals surface area contributed by atoms with Gasteiger partial charge in [-0.05, 0) is 36.6 Å². The minimum Gasteiger partial charge on any atom is -0.379 e. The van der Waals surface area contributed by atoms with E-state index in [1.807, 2.05) is 6.07 Å². The number of anilines is 1. The van der Waals surface area contributed by atoms with Gasteiger partial charge < -0.3 is 10.1 Å². The highest BCUT2D eigenvalue weighted by atomic mass is 32.2. The number of carbonyl (C=O) groups is 1. The number of sulfonamides is 1. The van der Waals surface area contributed by atoms with Crippen LogP contribution >= 0.6 is 0 Å². The van der Waals surface area contributed by atoms with E-state index < -0.39 is 10.0 Å². The monoisotopic (exact) mass is 432 g/mol. The van der Waals surface area contributed by atoms with E-state index in [1.54, 1.807) is 0 Å². The lowest BCUT2D eigenvalue weighted by Crippen LogP contribution is -2.40. The third-order valence-corrected chi connectivity index (χ3v) is 7.74. The SMILES string of the molecule is O=C(Nc1cc(CC2CCCCC2)[nH]n1)c1ccc(S(=O)(=O)N2CCOCC2)cc1. The van der Waals surface area contributed by atoms with Gasteiger partial charge in [0.2, 0.25) is 10.0 Å².